The molecule has 0 aliphatic heterocycles. The summed E-state index contributed by atoms with van der Waals surface area (Å²) >= 11 is 0. The number of halogens is 1. The normalized spacial score (nSPS) is 10.5. The fraction of sp³-hybridized carbons (Fsp3) is 0.154. The summed E-state index contributed by atoms with van der Waals surface area (Å²) in [5, 5.41) is 0. The van der Waals surface area contributed by atoms with Crippen LogP contribution in [0.15, 0.2) is 47.4 Å². The molecule has 2 N–H and O–H groups in total. The minimum absolute atomic E-state index is 0.170. The van der Waals surface area contributed by atoms with Gasteiger partial charge in [-0.1, -0.05) is 18.2 Å². The van der Waals surface area contributed by atoms with E-state index in [1.54, 1.807) is 30.5 Å². The van der Waals surface area contributed by atoms with Gasteiger partial charge in [0, 0.05) is 24.4 Å². The van der Waals surface area contributed by atoms with Gasteiger partial charge in [0.25, 0.3) is 5.56 Å². The van der Waals surface area contributed by atoms with E-state index in [9.17, 15) is 9.18 Å². The van der Waals surface area contributed by atoms with E-state index < -0.39 is 0 Å². The molecule has 1 aromatic carbocycles. The molecule has 3 nitrogen and oxygen atoms in total. The number of hydrogen-bond donors (Lipinski definition) is 1. The van der Waals surface area contributed by atoms with Gasteiger partial charge in [-0.25, -0.2) is 4.39 Å². The Kier molecular flexibility index (Phi) is 3.35. The van der Waals surface area contributed by atoms with Crippen molar-refractivity contribution in [1.29, 1.82) is 0 Å². The first-order valence-electron chi connectivity index (χ1n) is 5.33. The standard InChI is InChI=1S/C13H13FN2O/c14-12-4-2-1-3-11(12)9-16-6-5-10(8-15)7-13(16)17/h1-7H,8-9,15H2. The molecule has 0 atom stereocenters. The topological polar surface area (TPSA) is 48.0 Å². The lowest BCUT2D eigenvalue weighted by atomic mass is 10.2. The Morgan fingerprint density at radius 1 is 1.24 bits per heavy atom. The molecule has 1 heterocycles. The van der Waals surface area contributed by atoms with Gasteiger partial charge in [0.05, 0.1) is 6.54 Å². The zero-order valence-corrected chi connectivity index (χ0v) is 9.27. The highest BCUT2D eigenvalue weighted by atomic mass is 19.1. The number of pyridine rings is 1. The Labute approximate surface area is 98.3 Å². The summed E-state index contributed by atoms with van der Waals surface area (Å²) in [6.07, 6.45) is 1.64. The highest BCUT2D eigenvalue weighted by molar-refractivity contribution is 5.18. The zero-order chi connectivity index (χ0) is 12.3. The Balaban J connectivity index is 2.31. The van der Waals surface area contributed by atoms with Crippen LogP contribution < -0.4 is 11.3 Å². The minimum atomic E-state index is -0.303. The molecule has 17 heavy (non-hydrogen) atoms. The van der Waals surface area contributed by atoms with Gasteiger partial charge in [-0.15, -0.1) is 0 Å². The van der Waals surface area contributed by atoms with E-state index in [1.165, 1.54) is 16.7 Å². The molecule has 0 saturated heterocycles. The lowest BCUT2D eigenvalue weighted by Crippen LogP contribution is -2.20. The fourth-order valence-electron chi connectivity index (χ4n) is 1.62. The molecule has 4 heteroatoms. The van der Waals surface area contributed by atoms with Gasteiger partial charge in [-0.05, 0) is 17.7 Å². The maximum atomic E-state index is 13.4. The Bertz CT molecular complexity index is 578. The van der Waals surface area contributed by atoms with Crippen LogP contribution in [0, 0.1) is 5.82 Å². The summed E-state index contributed by atoms with van der Waals surface area (Å²) in [4.78, 5) is 11.7. The molecule has 0 radical (unpaired) electrons. The van der Waals surface area contributed by atoms with Crippen LogP contribution in [0.3, 0.4) is 0 Å². The van der Waals surface area contributed by atoms with Crippen LogP contribution in [0.25, 0.3) is 0 Å². The summed E-state index contributed by atoms with van der Waals surface area (Å²) < 4.78 is 14.9. The monoisotopic (exact) mass is 232 g/mol. The number of benzene rings is 1. The molecular weight excluding hydrogens is 219 g/mol. The van der Waals surface area contributed by atoms with Crippen LogP contribution in [0.1, 0.15) is 11.1 Å². The highest BCUT2D eigenvalue weighted by Gasteiger charge is 2.03. The Morgan fingerprint density at radius 2 is 2.00 bits per heavy atom. The van der Waals surface area contributed by atoms with E-state index in [2.05, 4.69) is 0 Å². The van der Waals surface area contributed by atoms with Gasteiger partial charge >= 0.3 is 0 Å². The van der Waals surface area contributed by atoms with Crippen LogP contribution in [0.4, 0.5) is 4.39 Å². The van der Waals surface area contributed by atoms with Gasteiger partial charge < -0.3 is 10.3 Å². The van der Waals surface area contributed by atoms with E-state index in [4.69, 9.17) is 5.73 Å². The maximum absolute atomic E-state index is 13.4. The van der Waals surface area contributed by atoms with E-state index in [0.717, 1.165) is 5.56 Å². The summed E-state index contributed by atoms with van der Waals surface area (Å²) in [7, 11) is 0. The molecule has 0 bridgehead atoms. The molecule has 0 saturated carbocycles. The molecular formula is C13H13FN2O. The van der Waals surface area contributed by atoms with Crippen molar-refractivity contribution in [2.45, 2.75) is 13.1 Å². The molecule has 0 fully saturated rings. The van der Waals surface area contributed by atoms with Crippen molar-refractivity contribution in [1.82, 2.24) is 4.57 Å². The van der Waals surface area contributed by atoms with Crippen LogP contribution in [-0.2, 0) is 13.1 Å². The van der Waals surface area contributed by atoms with Gasteiger partial charge in [-0.2, -0.15) is 0 Å². The Hall–Kier alpha value is -1.94. The van der Waals surface area contributed by atoms with Crippen molar-refractivity contribution in [3.05, 3.63) is 69.9 Å². The van der Waals surface area contributed by atoms with E-state index in [0.29, 0.717) is 12.1 Å². The summed E-state index contributed by atoms with van der Waals surface area (Å²) in [6.45, 7) is 0.562. The Morgan fingerprint density at radius 3 is 2.65 bits per heavy atom. The first kappa shape index (κ1) is 11.5. The third kappa shape index (κ3) is 2.60. The number of aromatic nitrogens is 1. The van der Waals surface area contributed by atoms with Gasteiger partial charge in [0.2, 0.25) is 0 Å². The minimum Gasteiger partial charge on any atom is -0.326 e. The molecule has 1 aromatic heterocycles. The molecule has 2 rings (SSSR count). The van der Waals surface area contributed by atoms with E-state index >= 15 is 0 Å². The van der Waals surface area contributed by atoms with Crippen molar-refractivity contribution < 1.29 is 4.39 Å². The quantitative estimate of drug-likeness (QED) is 0.871. The second kappa shape index (κ2) is 4.93. The van der Waals surface area contributed by atoms with Gasteiger partial charge in [-0.3, -0.25) is 4.79 Å². The molecule has 2 aromatic rings. The molecule has 0 aliphatic rings. The smallest absolute Gasteiger partial charge is 0.251 e. The largest absolute Gasteiger partial charge is 0.326 e. The highest BCUT2D eigenvalue weighted by Crippen LogP contribution is 2.07. The lowest BCUT2D eigenvalue weighted by molar-refractivity contribution is 0.596. The second-order valence-electron chi connectivity index (χ2n) is 3.80. The van der Waals surface area contributed by atoms with Crippen LogP contribution in [0.2, 0.25) is 0 Å². The molecule has 88 valence electrons. The van der Waals surface area contributed by atoms with Crippen molar-refractivity contribution in [2.75, 3.05) is 0 Å². The van der Waals surface area contributed by atoms with Gasteiger partial charge in [0.1, 0.15) is 5.82 Å². The number of nitrogens with zero attached hydrogens (tertiary/aromatic N) is 1. The predicted molar refractivity (Wildman–Crippen MR) is 64.1 cm³/mol. The number of hydrogen-bond acceptors (Lipinski definition) is 2. The third-order valence-electron chi connectivity index (χ3n) is 2.59. The molecule has 0 spiro atoms. The van der Waals surface area contributed by atoms with Crippen molar-refractivity contribution in [2.24, 2.45) is 5.73 Å². The van der Waals surface area contributed by atoms with Crippen LogP contribution in [-0.4, -0.2) is 4.57 Å². The lowest BCUT2D eigenvalue weighted by Gasteiger charge is -2.07. The first-order chi connectivity index (χ1) is 8.20. The second-order valence-corrected chi connectivity index (χ2v) is 3.80. The molecule has 0 unspecified atom stereocenters. The number of nitrogens with two attached hydrogens (primary N) is 1. The fourth-order valence-corrected chi connectivity index (χ4v) is 1.62. The van der Waals surface area contributed by atoms with E-state index in [-0.39, 0.29) is 17.9 Å². The first-order valence-corrected chi connectivity index (χ1v) is 5.33. The van der Waals surface area contributed by atoms with Gasteiger partial charge in [0.15, 0.2) is 0 Å². The molecule has 0 amide bonds. The summed E-state index contributed by atoms with van der Waals surface area (Å²) in [5.74, 6) is -0.303. The van der Waals surface area contributed by atoms with Crippen molar-refractivity contribution >= 4 is 0 Å². The summed E-state index contributed by atoms with van der Waals surface area (Å²) in [6, 6.07) is 9.66. The maximum Gasteiger partial charge on any atom is 0.251 e. The van der Waals surface area contributed by atoms with Crippen LogP contribution >= 0.6 is 0 Å². The average Bonchev–Trinajstić information content (AvgIpc) is 2.34. The predicted octanol–water partition coefficient (Wildman–Crippen LogP) is 1.49. The van der Waals surface area contributed by atoms with Crippen molar-refractivity contribution in [3.8, 4) is 0 Å². The molecule has 0 aliphatic carbocycles. The zero-order valence-electron chi connectivity index (χ0n) is 9.27. The van der Waals surface area contributed by atoms with Crippen LogP contribution in [0.5, 0.6) is 0 Å². The third-order valence-corrected chi connectivity index (χ3v) is 2.59. The van der Waals surface area contributed by atoms with E-state index in [1.807, 2.05) is 0 Å². The average molecular weight is 232 g/mol. The van der Waals surface area contributed by atoms with Crippen molar-refractivity contribution in [3.63, 3.8) is 0 Å². The SMILES string of the molecule is NCc1ccn(Cc2ccccc2F)c(=O)c1. The number of rotatable bonds is 3. The summed E-state index contributed by atoms with van der Waals surface area (Å²) in [5.41, 5.74) is 6.54.